The minimum absolute atomic E-state index is 0.104. The first-order chi connectivity index (χ1) is 8.69. The first-order valence-corrected chi connectivity index (χ1v) is 6.90. The number of aryl methyl sites for hydroxylation is 1. The second-order valence-corrected chi connectivity index (χ2v) is 5.20. The molecule has 0 aromatic heterocycles. The van der Waals surface area contributed by atoms with E-state index in [1.165, 1.54) is 19.4 Å². The number of rotatable bonds is 4. The summed E-state index contributed by atoms with van der Waals surface area (Å²) in [6.07, 6.45) is 2.48. The normalized spacial score (nSPS) is 21.2. The summed E-state index contributed by atoms with van der Waals surface area (Å²) in [5, 5.41) is 3.54. The Morgan fingerprint density at radius 2 is 2.28 bits per heavy atom. The molecular weight excluding hydrogens is 227 g/mol. The molecule has 0 spiro atoms. The van der Waals surface area contributed by atoms with Gasteiger partial charge in [0.15, 0.2) is 0 Å². The summed E-state index contributed by atoms with van der Waals surface area (Å²) < 4.78 is 13.4. The largest absolute Gasteiger partial charge is 0.309 e. The van der Waals surface area contributed by atoms with E-state index in [1.807, 2.05) is 12.1 Å². The van der Waals surface area contributed by atoms with Crippen LogP contribution < -0.4 is 5.32 Å². The van der Waals surface area contributed by atoms with Gasteiger partial charge in [0.25, 0.3) is 0 Å². The van der Waals surface area contributed by atoms with E-state index in [2.05, 4.69) is 17.1 Å². The highest BCUT2D eigenvalue weighted by molar-refractivity contribution is 5.23. The molecule has 0 radical (unpaired) electrons. The molecule has 0 saturated carbocycles. The second-order valence-electron chi connectivity index (χ2n) is 5.20. The molecule has 0 amide bonds. The number of benzene rings is 1. The molecule has 1 fully saturated rings. The Bertz CT molecular complexity index is 392. The van der Waals surface area contributed by atoms with Crippen molar-refractivity contribution in [2.24, 2.45) is 0 Å². The van der Waals surface area contributed by atoms with E-state index >= 15 is 0 Å². The van der Waals surface area contributed by atoms with Gasteiger partial charge in [-0.15, -0.1) is 0 Å². The van der Waals surface area contributed by atoms with Crippen molar-refractivity contribution in [2.75, 3.05) is 19.6 Å². The van der Waals surface area contributed by atoms with Crippen LogP contribution in [0.5, 0.6) is 0 Å². The van der Waals surface area contributed by atoms with Crippen molar-refractivity contribution in [3.05, 3.63) is 35.1 Å². The van der Waals surface area contributed by atoms with Gasteiger partial charge in [0.05, 0.1) is 0 Å². The molecule has 3 heteroatoms. The minimum atomic E-state index is -0.104. The van der Waals surface area contributed by atoms with Gasteiger partial charge < -0.3 is 10.2 Å². The van der Waals surface area contributed by atoms with Crippen LogP contribution in [0.15, 0.2) is 18.2 Å². The van der Waals surface area contributed by atoms with Crippen molar-refractivity contribution in [1.29, 1.82) is 0 Å². The lowest BCUT2D eigenvalue weighted by Gasteiger charge is -2.32. The maximum atomic E-state index is 13.4. The van der Waals surface area contributed by atoms with Crippen LogP contribution in [0, 0.1) is 12.7 Å². The molecule has 18 heavy (non-hydrogen) atoms. The van der Waals surface area contributed by atoms with Crippen LogP contribution in [0.1, 0.15) is 30.9 Å². The van der Waals surface area contributed by atoms with Crippen molar-refractivity contribution < 1.29 is 4.39 Å². The molecule has 1 N–H and O–H groups in total. The standard InChI is InChI=1S/C15H23FN2/c1-3-18-8-4-5-14(11-18)17-10-13-7-6-12(2)15(16)9-13/h6-7,9,14,17H,3-5,8,10-11H2,1-2H3. The average Bonchev–Trinajstić information content (AvgIpc) is 2.40. The summed E-state index contributed by atoms with van der Waals surface area (Å²) in [6.45, 7) is 8.22. The van der Waals surface area contributed by atoms with Gasteiger partial charge in [-0.3, -0.25) is 0 Å². The number of halogens is 1. The molecule has 1 atom stereocenters. The average molecular weight is 250 g/mol. The fraction of sp³-hybridized carbons (Fsp3) is 0.600. The molecule has 1 aromatic carbocycles. The highest BCUT2D eigenvalue weighted by atomic mass is 19.1. The maximum absolute atomic E-state index is 13.4. The van der Waals surface area contributed by atoms with Crippen molar-refractivity contribution in [1.82, 2.24) is 10.2 Å². The summed E-state index contributed by atoms with van der Waals surface area (Å²) in [7, 11) is 0. The van der Waals surface area contributed by atoms with E-state index in [9.17, 15) is 4.39 Å². The molecular formula is C15H23FN2. The van der Waals surface area contributed by atoms with Crippen molar-refractivity contribution in [3.63, 3.8) is 0 Å². The van der Waals surface area contributed by atoms with Gasteiger partial charge in [-0.2, -0.15) is 0 Å². The van der Waals surface area contributed by atoms with Crippen LogP contribution in [-0.2, 0) is 6.54 Å². The van der Waals surface area contributed by atoms with E-state index < -0.39 is 0 Å². The van der Waals surface area contributed by atoms with Gasteiger partial charge in [0.2, 0.25) is 0 Å². The Morgan fingerprint density at radius 3 is 3.00 bits per heavy atom. The van der Waals surface area contributed by atoms with Gasteiger partial charge in [0, 0.05) is 19.1 Å². The van der Waals surface area contributed by atoms with Crippen LogP contribution in [-0.4, -0.2) is 30.6 Å². The third kappa shape index (κ3) is 3.53. The highest BCUT2D eigenvalue weighted by Gasteiger charge is 2.17. The Balaban J connectivity index is 1.85. The zero-order valence-electron chi connectivity index (χ0n) is 11.4. The van der Waals surface area contributed by atoms with Gasteiger partial charge in [-0.1, -0.05) is 19.1 Å². The van der Waals surface area contributed by atoms with E-state index in [-0.39, 0.29) is 5.82 Å². The summed E-state index contributed by atoms with van der Waals surface area (Å²) in [5.41, 5.74) is 1.75. The Kier molecular flexibility index (Phi) is 4.72. The predicted molar refractivity (Wildman–Crippen MR) is 73.1 cm³/mol. The Hall–Kier alpha value is -0.930. The third-order valence-corrected chi connectivity index (χ3v) is 3.78. The van der Waals surface area contributed by atoms with Crippen LogP contribution >= 0.6 is 0 Å². The lowest BCUT2D eigenvalue weighted by atomic mass is 10.1. The van der Waals surface area contributed by atoms with Crippen molar-refractivity contribution in [2.45, 2.75) is 39.3 Å². The van der Waals surface area contributed by atoms with Crippen LogP contribution in [0.25, 0.3) is 0 Å². The topological polar surface area (TPSA) is 15.3 Å². The van der Waals surface area contributed by atoms with Crippen molar-refractivity contribution >= 4 is 0 Å². The molecule has 0 aliphatic carbocycles. The lowest BCUT2D eigenvalue weighted by molar-refractivity contribution is 0.198. The summed E-state index contributed by atoms with van der Waals surface area (Å²) in [6, 6.07) is 6.04. The molecule has 1 saturated heterocycles. The zero-order valence-corrected chi connectivity index (χ0v) is 11.4. The number of nitrogens with zero attached hydrogens (tertiary/aromatic N) is 1. The lowest BCUT2D eigenvalue weighted by Crippen LogP contribution is -2.45. The molecule has 2 rings (SSSR count). The monoisotopic (exact) mass is 250 g/mol. The fourth-order valence-corrected chi connectivity index (χ4v) is 2.52. The van der Waals surface area contributed by atoms with E-state index in [0.29, 0.717) is 11.6 Å². The number of likely N-dealkylation sites (N-methyl/N-ethyl adjacent to an activating group) is 1. The SMILES string of the molecule is CCN1CCCC(NCc2ccc(C)c(F)c2)C1. The summed E-state index contributed by atoms with van der Waals surface area (Å²) in [4.78, 5) is 2.47. The Labute approximate surface area is 109 Å². The van der Waals surface area contributed by atoms with Crippen LogP contribution in [0.2, 0.25) is 0 Å². The number of hydrogen-bond acceptors (Lipinski definition) is 2. The first kappa shape index (κ1) is 13.5. The number of piperidine rings is 1. The molecule has 1 aliphatic rings. The molecule has 2 nitrogen and oxygen atoms in total. The third-order valence-electron chi connectivity index (χ3n) is 3.78. The smallest absolute Gasteiger partial charge is 0.126 e. The summed E-state index contributed by atoms with van der Waals surface area (Å²) in [5.74, 6) is -0.104. The van der Waals surface area contributed by atoms with Crippen LogP contribution in [0.4, 0.5) is 4.39 Å². The van der Waals surface area contributed by atoms with E-state index in [1.54, 1.807) is 13.0 Å². The minimum Gasteiger partial charge on any atom is -0.309 e. The fourth-order valence-electron chi connectivity index (χ4n) is 2.52. The molecule has 1 aromatic rings. The zero-order chi connectivity index (χ0) is 13.0. The van der Waals surface area contributed by atoms with E-state index in [0.717, 1.165) is 25.2 Å². The second kappa shape index (κ2) is 6.30. The predicted octanol–water partition coefficient (Wildman–Crippen LogP) is 2.71. The quantitative estimate of drug-likeness (QED) is 0.884. The molecule has 0 bridgehead atoms. The van der Waals surface area contributed by atoms with Crippen molar-refractivity contribution in [3.8, 4) is 0 Å². The number of nitrogens with one attached hydrogen (secondary N) is 1. The molecule has 1 unspecified atom stereocenters. The van der Waals surface area contributed by atoms with Gasteiger partial charge >= 0.3 is 0 Å². The number of likely N-dealkylation sites (tertiary alicyclic amines) is 1. The molecule has 1 aliphatic heterocycles. The van der Waals surface area contributed by atoms with Gasteiger partial charge in [-0.25, -0.2) is 4.39 Å². The Morgan fingerprint density at radius 1 is 1.44 bits per heavy atom. The van der Waals surface area contributed by atoms with Gasteiger partial charge in [-0.05, 0) is 50.0 Å². The van der Waals surface area contributed by atoms with Crippen LogP contribution in [0.3, 0.4) is 0 Å². The molecule has 100 valence electrons. The number of hydrogen-bond donors (Lipinski definition) is 1. The van der Waals surface area contributed by atoms with E-state index in [4.69, 9.17) is 0 Å². The maximum Gasteiger partial charge on any atom is 0.126 e. The first-order valence-electron chi connectivity index (χ1n) is 6.90. The summed E-state index contributed by atoms with van der Waals surface area (Å²) >= 11 is 0. The molecule has 1 heterocycles. The highest BCUT2D eigenvalue weighted by Crippen LogP contribution is 2.12. The van der Waals surface area contributed by atoms with Gasteiger partial charge in [0.1, 0.15) is 5.82 Å².